The van der Waals surface area contributed by atoms with Crippen molar-refractivity contribution in [2.24, 2.45) is 29.1 Å². The monoisotopic (exact) mass is 365 g/mol. The van der Waals surface area contributed by atoms with Crippen LogP contribution in [0.2, 0.25) is 0 Å². The molecule has 7 rings (SSSR count). The molecule has 0 aromatic rings. The topological polar surface area (TPSA) is 46.6 Å². The minimum Gasteiger partial charge on any atom is -0.487 e. The molecule has 5 aliphatic carbocycles. The highest BCUT2D eigenvalue weighted by atomic mass is 16.5. The Morgan fingerprint density at radius 2 is 1.59 bits per heavy atom. The zero-order valence-corrected chi connectivity index (χ0v) is 16.6. The van der Waals surface area contributed by atoms with Crippen molar-refractivity contribution < 1.29 is 14.3 Å². The summed E-state index contributed by atoms with van der Waals surface area (Å²) in [5.41, 5.74) is 2.71. The first-order valence-electron chi connectivity index (χ1n) is 10.4. The minimum absolute atomic E-state index is 0.0738. The number of hydrogen-bond donors (Lipinski definition) is 0. The number of carbonyl (C=O) groups excluding carboxylic acids is 2. The lowest BCUT2D eigenvalue weighted by molar-refractivity contribution is -0.180. The summed E-state index contributed by atoms with van der Waals surface area (Å²) in [6.45, 7) is 6.23. The second-order valence-electron chi connectivity index (χ2n) is 10.0. The van der Waals surface area contributed by atoms with Crippen molar-refractivity contribution in [1.82, 2.24) is 4.90 Å². The number of ether oxygens (including phenoxy) is 1. The number of amides is 2. The Labute approximate surface area is 160 Å². The van der Waals surface area contributed by atoms with Gasteiger partial charge in [-0.25, -0.2) is 0 Å². The van der Waals surface area contributed by atoms with Crippen molar-refractivity contribution in [2.75, 3.05) is 7.05 Å². The van der Waals surface area contributed by atoms with E-state index >= 15 is 0 Å². The molecule has 0 aromatic carbocycles. The van der Waals surface area contributed by atoms with Crippen LogP contribution in [-0.2, 0) is 14.3 Å². The lowest BCUT2D eigenvalue weighted by Gasteiger charge is -2.67. The first-order chi connectivity index (χ1) is 12.8. The third-order valence-corrected chi connectivity index (χ3v) is 8.92. The fourth-order valence-corrected chi connectivity index (χ4v) is 8.38. The van der Waals surface area contributed by atoms with Crippen molar-refractivity contribution in [3.63, 3.8) is 0 Å². The fourth-order valence-electron chi connectivity index (χ4n) is 8.38. The van der Waals surface area contributed by atoms with Crippen LogP contribution in [0.3, 0.4) is 0 Å². The SMILES string of the molecule is CC1=CC2=C(C)C3=C(C(=O)N(C)C3=O)C3(C4CC5CC(C4)CC3C5)[C@]2(C)O1. The molecule has 4 bridgehead atoms. The standard InChI is InChI=1S/C23H27NO3/c1-11-5-17-12(2)18-19(21(26)24(4)20(18)25)23(22(17,3)27-11)15-7-13-6-14(9-15)10-16(23)8-13/h5,13-16H,6-10H2,1-4H3/t13?,14?,15?,16?,22-,23?/m1/s1. The summed E-state index contributed by atoms with van der Waals surface area (Å²) in [6.07, 6.45) is 8.21. The van der Waals surface area contributed by atoms with Crippen LogP contribution in [0.1, 0.15) is 52.9 Å². The highest BCUT2D eigenvalue weighted by Crippen LogP contribution is 2.73. The Morgan fingerprint density at radius 3 is 2.19 bits per heavy atom. The van der Waals surface area contributed by atoms with Gasteiger partial charge in [-0.15, -0.1) is 0 Å². The summed E-state index contributed by atoms with van der Waals surface area (Å²) < 4.78 is 6.62. The first-order valence-corrected chi connectivity index (χ1v) is 10.4. The van der Waals surface area contributed by atoms with E-state index in [9.17, 15) is 9.59 Å². The van der Waals surface area contributed by atoms with Crippen LogP contribution < -0.4 is 0 Å². The summed E-state index contributed by atoms with van der Waals surface area (Å²) in [6, 6.07) is 0. The number of imide groups is 1. The van der Waals surface area contributed by atoms with Gasteiger partial charge in [0.2, 0.25) is 0 Å². The van der Waals surface area contributed by atoms with Crippen molar-refractivity contribution in [1.29, 1.82) is 0 Å². The summed E-state index contributed by atoms with van der Waals surface area (Å²) in [4.78, 5) is 27.9. The van der Waals surface area contributed by atoms with E-state index in [1.165, 1.54) is 37.0 Å². The summed E-state index contributed by atoms with van der Waals surface area (Å²) in [5, 5.41) is 0. The van der Waals surface area contributed by atoms with Gasteiger partial charge in [0.1, 0.15) is 5.60 Å². The first kappa shape index (κ1) is 16.1. The zero-order valence-electron chi connectivity index (χ0n) is 16.6. The molecule has 0 aromatic heterocycles. The van der Waals surface area contributed by atoms with Crippen LogP contribution in [0.4, 0.5) is 0 Å². The summed E-state index contributed by atoms with van der Waals surface area (Å²) >= 11 is 0. The Balaban J connectivity index is 1.69. The number of fused-ring (bicyclic) bond motifs is 1. The van der Waals surface area contributed by atoms with Gasteiger partial charge >= 0.3 is 0 Å². The number of carbonyl (C=O) groups is 2. The molecule has 4 saturated carbocycles. The molecule has 4 heteroatoms. The van der Waals surface area contributed by atoms with Crippen molar-refractivity contribution in [3.8, 4) is 0 Å². The largest absolute Gasteiger partial charge is 0.487 e. The Kier molecular flexibility index (Phi) is 2.74. The molecular formula is C23H27NO3. The van der Waals surface area contributed by atoms with E-state index < -0.39 is 5.60 Å². The summed E-state index contributed by atoms with van der Waals surface area (Å²) in [5.74, 6) is 3.19. The number of nitrogens with zero attached hydrogens (tertiary/aromatic N) is 1. The van der Waals surface area contributed by atoms with Crippen molar-refractivity contribution in [2.45, 2.75) is 58.5 Å². The van der Waals surface area contributed by atoms with Gasteiger partial charge in [-0.2, -0.15) is 0 Å². The highest BCUT2D eigenvalue weighted by Gasteiger charge is 2.73. The molecule has 2 heterocycles. The molecule has 0 N–H and O–H groups in total. The van der Waals surface area contributed by atoms with Crippen LogP contribution >= 0.6 is 0 Å². The second kappa shape index (κ2) is 4.59. The van der Waals surface area contributed by atoms with E-state index in [0.717, 1.165) is 34.3 Å². The third kappa shape index (κ3) is 1.53. The van der Waals surface area contributed by atoms with Crippen molar-refractivity contribution in [3.05, 3.63) is 34.1 Å². The van der Waals surface area contributed by atoms with E-state index in [1.807, 2.05) is 13.8 Å². The van der Waals surface area contributed by atoms with E-state index in [0.29, 0.717) is 17.4 Å². The molecule has 1 atom stereocenters. The van der Waals surface area contributed by atoms with Crippen LogP contribution in [0.25, 0.3) is 0 Å². The highest BCUT2D eigenvalue weighted by molar-refractivity contribution is 6.22. The molecule has 2 amide bonds. The minimum atomic E-state index is -0.524. The van der Waals surface area contributed by atoms with Crippen LogP contribution in [0, 0.1) is 29.1 Å². The van der Waals surface area contributed by atoms with Crippen LogP contribution in [0.15, 0.2) is 34.1 Å². The van der Waals surface area contributed by atoms with E-state index in [4.69, 9.17) is 4.74 Å². The van der Waals surface area contributed by atoms with Gasteiger partial charge in [0.15, 0.2) is 0 Å². The Bertz CT molecular complexity index is 892. The van der Waals surface area contributed by atoms with E-state index in [-0.39, 0.29) is 17.2 Å². The predicted molar refractivity (Wildman–Crippen MR) is 100 cm³/mol. The normalized spacial score (nSPS) is 47.1. The Morgan fingerprint density at radius 1 is 1.00 bits per heavy atom. The van der Waals surface area contributed by atoms with Gasteiger partial charge in [-0.05, 0) is 88.2 Å². The molecule has 1 spiro atoms. The number of rotatable bonds is 0. The van der Waals surface area contributed by atoms with Gasteiger partial charge in [0, 0.05) is 18.2 Å². The molecule has 4 nitrogen and oxygen atoms in total. The van der Waals surface area contributed by atoms with Crippen LogP contribution in [0.5, 0.6) is 0 Å². The average molecular weight is 365 g/mol. The molecule has 0 saturated heterocycles. The molecule has 7 aliphatic rings. The molecule has 142 valence electrons. The molecule has 0 unspecified atom stereocenters. The molecule has 4 fully saturated rings. The molecule has 0 radical (unpaired) electrons. The van der Waals surface area contributed by atoms with E-state index in [2.05, 4.69) is 13.0 Å². The van der Waals surface area contributed by atoms with Gasteiger partial charge in [0.25, 0.3) is 11.8 Å². The lowest BCUT2D eigenvalue weighted by atomic mass is 9.37. The molecule has 2 aliphatic heterocycles. The maximum absolute atomic E-state index is 13.5. The smallest absolute Gasteiger partial charge is 0.261 e. The molecule has 27 heavy (non-hydrogen) atoms. The number of hydrogen-bond acceptors (Lipinski definition) is 3. The summed E-state index contributed by atoms with van der Waals surface area (Å²) in [7, 11) is 1.64. The third-order valence-electron chi connectivity index (χ3n) is 8.92. The lowest BCUT2D eigenvalue weighted by Crippen LogP contribution is -2.66. The Hall–Kier alpha value is -1.84. The number of allylic oxidation sites excluding steroid dienone is 1. The molecular weight excluding hydrogens is 338 g/mol. The average Bonchev–Trinajstić information content (AvgIpc) is 3.04. The quantitative estimate of drug-likeness (QED) is 0.614. The maximum Gasteiger partial charge on any atom is 0.261 e. The van der Waals surface area contributed by atoms with Crippen LogP contribution in [-0.4, -0.2) is 29.4 Å². The predicted octanol–water partition coefficient (Wildman–Crippen LogP) is 3.75. The zero-order chi connectivity index (χ0) is 18.9. The maximum atomic E-state index is 13.5. The number of likely N-dealkylation sites (N-methyl/N-ethyl adjacent to an activating group) is 1. The fraction of sp³-hybridized carbons (Fsp3) is 0.652. The van der Waals surface area contributed by atoms with Gasteiger partial charge in [-0.3, -0.25) is 14.5 Å². The van der Waals surface area contributed by atoms with Gasteiger partial charge in [0.05, 0.1) is 16.7 Å². The van der Waals surface area contributed by atoms with Gasteiger partial charge in [-0.1, -0.05) is 0 Å². The second-order valence-corrected chi connectivity index (χ2v) is 10.0. The van der Waals surface area contributed by atoms with Crippen molar-refractivity contribution >= 4 is 11.8 Å². The van der Waals surface area contributed by atoms with Gasteiger partial charge < -0.3 is 4.74 Å². The van der Waals surface area contributed by atoms with E-state index in [1.54, 1.807) is 7.05 Å².